The van der Waals surface area contributed by atoms with Gasteiger partial charge in [-0.15, -0.1) is 0 Å². The number of carboxylic acids is 1. The lowest BCUT2D eigenvalue weighted by Gasteiger charge is -2.25. The Kier molecular flexibility index (Phi) is 12.5. The molecule has 1 fully saturated rings. The minimum absolute atomic E-state index is 0.00864. The van der Waals surface area contributed by atoms with E-state index in [4.69, 9.17) is 17.2 Å². The van der Waals surface area contributed by atoms with Crippen LogP contribution in [0.5, 0.6) is 0 Å². The Morgan fingerprint density at radius 1 is 1.00 bits per heavy atom. The minimum atomic E-state index is -1.30. The molecule has 0 aliphatic carbocycles. The highest BCUT2D eigenvalue weighted by Gasteiger charge is 2.32. The van der Waals surface area contributed by atoms with Crippen molar-refractivity contribution in [3.8, 4) is 0 Å². The Morgan fingerprint density at radius 2 is 1.63 bits per heavy atom. The molecule has 14 nitrogen and oxygen atoms in total. The molecular weight excluding hydrogens is 460 g/mol. The minimum Gasteiger partial charge on any atom is -0.480 e. The highest BCUT2D eigenvalue weighted by atomic mass is 16.4. The van der Waals surface area contributed by atoms with Crippen LogP contribution in [-0.4, -0.2) is 77.9 Å². The third-order valence-electron chi connectivity index (χ3n) is 5.32. The maximum atomic E-state index is 13.0. The van der Waals surface area contributed by atoms with Gasteiger partial charge in [-0.2, -0.15) is 0 Å². The van der Waals surface area contributed by atoms with Crippen molar-refractivity contribution in [3.05, 3.63) is 0 Å². The number of rotatable bonds is 15. The Bertz CT molecular complexity index is 793. The summed E-state index contributed by atoms with van der Waals surface area (Å²) in [5.74, 6) is -4.15. The fraction of sp³-hybridized carbons (Fsp3) is 0.714. The molecule has 1 aliphatic rings. The second-order valence-electron chi connectivity index (χ2n) is 8.92. The maximum Gasteiger partial charge on any atom is 0.326 e. The van der Waals surface area contributed by atoms with Crippen LogP contribution in [0.1, 0.15) is 52.4 Å². The van der Waals surface area contributed by atoms with Gasteiger partial charge in [0.15, 0.2) is 5.96 Å². The summed E-state index contributed by atoms with van der Waals surface area (Å²) in [6, 6.07) is -4.12. The lowest BCUT2D eigenvalue weighted by atomic mass is 10.0. The van der Waals surface area contributed by atoms with Crippen LogP contribution in [0, 0.1) is 5.92 Å². The summed E-state index contributed by atoms with van der Waals surface area (Å²) in [5.41, 5.74) is 15.9. The van der Waals surface area contributed by atoms with Crippen LogP contribution < -0.4 is 38.5 Å². The predicted molar refractivity (Wildman–Crippen MR) is 128 cm³/mol. The molecule has 4 unspecified atom stereocenters. The van der Waals surface area contributed by atoms with Gasteiger partial charge in [-0.1, -0.05) is 13.8 Å². The molecule has 11 N–H and O–H groups in total. The van der Waals surface area contributed by atoms with E-state index in [0.29, 0.717) is 13.0 Å². The van der Waals surface area contributed by atoms with Crippen LogP contribution in [0.3, 0.4) is 0 Å². The number of carbonyl (C=O) groups is 5. The molecule has 4 amide bonds. The Balaban J connectivity index is 2.98. The normalized spacial score (nSPS) is 17.6. The van der Waals surface area contributed by atoms with Crippen molar-refractivity contribution in [1.82, 2.24) is 21.3 Å². The average Bonchev–Trinajstić information content (AvgIpc) is 3.28. The SMILES string of the molecule is CC(C)CC(NC(=O)C(CCCN=C(N)N)NC(=O)C(CC(N)=O)NC(=O)C1CCCN1)C(=O)O. The van der Waals surface area contributed by atoms with E-state index in [-0.39, 0.29) is 37.7 Å². The molecule has 0 spiro atoms. The van der Waals surface area contributed by atoms with Crippen molar-refractivity contribution in [2.45, 2.75) is 76.5 Å². The summed E-state index contributed by atoms with van der Waals surface area (Å²) in [4.78, 5) is 65.3. The monoisotopic (exact) mass is 498 g/mol. The maximum absolute atomic E-state index is 13.0. The van der Waals surface area contributed by atoms with Crippen LogP contribution in [0.15, 0.2) is 4.99 Å². The van der Waals surface area contributed by atoms with Crippen molar-refractivity contribution < 1.29 is 29.1 Å². The first kappa shape index (κ1) is 29.6. The average molecular weight is 499 g/mol. The number of nitrogens with two attached hydrogens (primary N) is 3. The fourth-order valence-electron chi connectivity index (χ4n) is 3.60. The first-order chi connectivity index (χ1) is 16.4. The number of carboxylic acid groups (broad SMARTS) is 1. The lowest BCUT2D eigenvalue weighted by Crippen LogP contribution is -2.57. The standard InChI is InChI=1S/C21H38N8O6/c1-11(2)9-15(20(34)35)29-18(32)13(6-4-8-26-21(23)24)27-19(33)14(10-16(22)30)28-17(31)12-5-3-7-25-12/h11-15,25H,3-10H2,1-2H3,(H2,22,30)(H,27,33)(H,28,31)(H,29,32)(H,34,35)(H4,23,24,26). The summed E-state index contributed by atoms with van der Waals surface area (Å²) < 4.78 is 0. The smallest absolute Gasteiger partial charge is 0.326 e. The molecule has 1 heterocycles. The second kappa shape index (κ2) is 14.8. The van der Waals surface area contributed by atoms with E-state index in [2.05, 4.69) is 26.3 Å². The molecule has 1 aliphatic heterocycles. The van der Waals surface area contributed by atoms with Crippen LogP contribution in [-0.2, 0) is 24.0 Å². The van der Waals surface area contributed by atoms with Crippen molar-refractivity contribution in [2.24, 2.45) is 28.1 Å². The summed E-state index contributed by atoms with van der Waals surface area (Å²) >= 11 is 0. The van der Waals surface area contributed by atoms with Gasteiger partial charge in [0.1, 0.15) is 18.1 Å². The highest BCUT2D eigenvalue weighted by molar-refractivity contribution is 5.96. The first-order valence-corrected chi connectivity index (χ1v) is 11.6. The third kappa shape index (κ3) is 11.5. The number of guanidine groups is 1. The fourth-order valence-corrected chi connectivity index (χ4v) is 3.60. The van der Waals surface area contributed by atoms with E-state index in [9.17, 15) is 29.1 Å². The van der Waals surface area contributed by atoms with Gasteiger partial charge in [-0.25, -0.2) is 4.79 Å². The van der Waals surface area contributed by atoms with Crippen molar-refractivity contribution in [3.63, 3.8) is 0 Å². The molecule has 14 heteroatoms. The molecule has 0 radical (unpaired) electrons. The number of hydrogen-bond acceptors (Lipinski definition) is 7. The van der Waals surface area contributed by atoms with Crippen molar-refractivity contribution >= 4 is 35.6 Å². The molecule has 198 valence electrons. The summed E-state index contributed by atoms with van der Waals surface area (Å²) in [7, 11) is 0. The van der Waals surface area contributed by atoms with E-state index < -0.39 is 60.2 Å². The summed E-state index contributed by atoms with van der Waals surface area (Å²) in [6.45, 7) is 4.45. The van der Waals surface area contributed by atoms with E-state index in [1.54, 1.807) is 0 Å². The number of amides is 4. The van der Waals surface area contributed by atoms with Gasteiger partial charge >= 0.3 is 5.97 Å². The third-order valence-corrected chi connectivity index (χ3v) is 5.32. The van der Waals surface area contributed by atoms with Crippen LogP contribution in [0.2, 0.25) is 0 Å². The largest absolute Gasteiger partial charge is 0.480 e. The number of aliphatic carboxylic acids is 1. The summed E-state index contributed by atoms with van der Waals surface area (Å²) in [6.07, 6.45) is 1.45. The molecule has 1 rings (SSSR count). The molecule has 0 aromatic rings. The zero-order chi connectivity index (χ0) is 26.5. The quantitative estimate of drug-likeness (QED) is 0.0661. The Morgan fingerprint density at radius 3 is 2.14 bits per heavy atom. The van der Waals surface area contributed by atoms with Gasteiger partial charge in [0.05, 0.1) is 12.5 Å². The van der Waals surface area contributed by atoms with E-state index >= 15 is 0 Å². The van der Waals surface area contributed by atoms with Gasteiger partial charge in [-0.3, -0.25) is 24.2 Å². The van der Waals surface area contributed by atoms with Gasteiger partial charge < -0.3 is 43.6 Å². The number of aliphatic imine (C=N–C) groups is 1. The zero-order valence-electron chi connectivity index (χ0n) is 20.2. The number of nitrogens with zero attached hydrogens (tertiary/aromatic N) is 1. The lowest BCUT2D eigenvalue weighted by molar-refractivity contribution is -0.143. The van der Waals surface area contributed by atoms with Gasteiger partial charge in [0, 0.05) is 6.54 Å². The summed E-state index contributed by atoms with van der Waals surface area (Å²) in [5, 5.41) is 19.9. The Hall–Kier alpha value is -3.42. The van der Waals surface area contributed by atoms with E-state index in [1.165, 1.54) is 0 Å². The van der Waals surface area contributed by atoms with Crippen LogP contribution >= 0.6 is 0 Å². The molecule has 0 aromatic carbocycles. The molecule has 0 saturated carbocycles. The van der Waals surface area contributed by atoms with Crippen molar-refractivity contribution in [1.29, 1.82) is 0 Å². The molecule has 0 aromatic heterocycles. The highest BCUT2D eigenvalue weighted by Crippen LogP contribution is 2.09. The van der Waals surface area contributed by atoms with Crippen LogP contribution in [0.25, 0.3) is 0 Å². The Labute approximate surface area is 204 Å². The molecular formula is C21H38N8O6. The molecule has 1 saturated heterocycles. The molecule has 35 heavy (non-hydrogen) atoms. The van der Waals surface area contributed by atoms with E-state index in [1.807, 2.05) is 13.8 Å². The van der Waals surface area contributed by atoms with Gasteiger partial charge in [0.2, 0.25) is 23.6 Å². The van der Waals surface area contributed by atoms with Crippen molar-refractivity contribution in [2.75, 3.05) is 13.1 Å². The first-order valence-electron chi connectivity index (χ1n) is 11.6. The topological polar surface area (TPSA) is 244 Å². The molecule has 4 atom stereocenters. The number of primary amides is 1. The van der Waals surface area contributed by atoms with Gasteiger partial charge in [-0.05, 0) is 44.6 Å². The predicted octanol–water partition coefficient (Wildman–Crippen LogP) is -2.75. The van der Waals surface area contributed by atoms with Crippen LogP contribution in [0.4, 0.5) is 0 Å². The van der Waals surface area contributed by atoms with Gasteiger partial charge in [0.25, 0.3) is 0 Å². The number of hydrogen-bond donors (Lipinski definition) is 8. The molecule has 0 bridgehead atoms. The van der Waals surface area contributed by atoms with E-state index in [0.717, 1.165) is 6.42 Å². The number of nitrogens with one attached hydrogen (secondary N) is 4. The zero-order valence-corrected chi connectivity index (χ0v) is 20.2. The second-order valence-corrected chi connectivity index (χ2v) is 8.92. The number of carbonyl (C=O) groups excluding carboxylic acids is 4.